The highest BCUT2D eigenvalue weighted by molar-refractivity contribution is 5.26. The minimum atomic E-state index is -1.66. The lowest BCUT2D eigenvalue weighted by Crippen LogP contribution is -2.55. The second kappa shape index (κ2) is 4.68. The van der Waals surface area contributed by atoms with Crippen LogP contribution >= 0.6 is 0 Å². The fourth-order valence-electron chi connectivity index (χ4n) is 6.34. The van der Waals surface area contributed by atoms with Crippen LogP contribution in [0.3, 0.4) is 0 Å². The number of allylic oxidation sites excluding steroid dienone is 2. The SMILES string of the molecule is C[C@]12CC[C@H]3[C@@H](CCC4CC(O)(O)C=C[C@@]43C)[C@@H]1C=C(F)[C@@H]2N. The number of rotatable bonds is 0. The number of hydrogen-bond acceptors (Lipinski definition) is 3. The molecule has 0 radical (unpaired) electrons. The summed E-state index contributed by atoms with van der Waals surface area (Å²) in [6.07, 6.45) is 9.83. The molecule has 7 atom stereocenters. The molecular weight excluding hydrogens is 293 g/mol. The van der Waals surface area contributed by atoms with Gasteiger partial charge in [-0.3, -0.25) is 0 Å². The van der Waals surface area contributed by atoms with Crippen LogP contribution in [0.25, 0.3) is 0 Å². The van der Waals surface area contributed by atoms with Crippen LogP contribution in [0.1, 0.15) is 46.0 Å². The van der Waals surface area contributed by atoms with E-state index < -0.39 is 11.8 Å². The first-order chi connectivity index (χ1) is 10.7. The first kappa shape index (κ1) is 15.8. The van der Waals surface area contributed by atoms with Gasteiger partial charge >= 0.3 is 0 Å². The summed E-state index contributed by atoms with van der Waals surface area (Å²) in [6, 6.07) is -0.455. The third kappa shape index (κ3) is 2.04. The molecule has 3 nitrogen and oxygen atoms in total. The van der Waals surface area contributed by atoms with Gasteiger partial charge in [0.05, 0.1) is 6.04 Å². The van der Waals surface area contributed by atoms with E-state index in [0.29, 0.717) is 18.3 Å². The Labute approximate surface area is 137 Å². The number of fused-ring (bicyclic) bond motifs is 5. The Morgan fingerprint density at radius 1 is 1.17 bits per heavy atom. The van der Waals surface area contributed by atoms with Crippen molar-refractivity contribution in [2.45, 2.75) is 57.8 Å². The van der Waals surface area contributed by atoms with Crippen molar-refractivity contribution in [2.75, 3.05) is 0 Å². The van der Waals surface area contributed by atoms with Crippen molar-refractivity contribution in [3.05, 3.63) is 24.1 Å². The molecule has 4 N–H and O–H groups in total. The van der Waals surface area contributed by atoms with E-state index in [0.717, 1.165) is 25.7 Å². The Morgan fingerprint density at radius 3 is 2.65 bits per heavy atom. The normalized spacial score (nSPS) is 54.0. The fourth-order valence-corrected chi connectivity index (χ4v) is 6.34. The number of aliphatic hydroxyl groups is 2. The Bertz CT molecular complexity index is 586. The van der Waals surface area contributed by atoms with E-state index in [9.17, 15) is 14.6 Å². The van der Waals surface area contributed by atoms with Gasteiger partial charge in [-0.1, -0.05) is 19.9 Å². The van der Waals surface area contributed by atoms with E-state index in [2.05, 4.69) is 13.8 Å². The highest BCUT2D eigenvalue weighted by Gasteiger charge is 2.60. The quantitative estimate of drug-likeness (QED) is 0.475. The third-order valence-corrected chi connectivity index (χ3v) is 7.86. The van der Waals surface area contributed by atoms with Crippen molar-refractivity contribution in [1.82, 2.24) is 0 Å². The molecule has 0 aliphatic heterocycles. The number of halogens is 1. The van der Waals surface area contributed by atoms with Gasteiger partial charge in [0.25, 0.3) is 0 Å². The van der Waals surface area contributed by atoms with Gasteiger partial charge in [-0.15, -0.1) is 0 Å². The van der Waals surface area contributed by atoms with Gasteiger partial charge in [-0.05, 0) is 72.3 Å². The van der Waals surface area contributed by atoms with Crippen LogP contribution in [-0.4, -0.2) is 22.0 Å². The van der Waals surface area contributed by atoms with Crippen molar-refractivity contribution in [3.8, 4) is 0 Å². The Hall–Kier alpha value is -0.710. The van der Waals surface area contributed by atoms with E-state index in [1.54, 1.807) is 12.2 Å². The molecule has 2 fully saturated rings. The second-order valence-electron chi connectivity index (χ2n) is 8.93. The second-order valence-corrected chi connectivity index (χ2v) is 8.93. The summed E-state index contributed by atoms with van der Waals surface area (Å²) in [5.41, 5.74) is 6.00. The summed E-state index contributed by atoms with van der Waals surface area (Å²) in [7, 11) is 0. The molecule has 128 valence electrons. The maximum atomic E-state index is 14.2. The molecule has 0 aromatic rings. The monoisotopic (exact) mass is 321 g/mol. The van der Waals surface area contributed by atoms with E-state index in [-0.39, 0.29) is 28.5 Å². The smallest absolute Gasteiger partial charge is 0.182 e. The predicted molar refractivity (Wildman–Crippen MR) is 86.7 cm³/mol. The van der Waals surface area contributed by atoms with Crippen molar-refractivity contribution < 1.29 is 14.6 Å². The molecule has 1 unspecified atom stereocenters. The van der Waals surface area contributed by atoms with Crippen LogP contribution in [0.5, 0.6) is 0 Å². The largest absolute Gasteiger partial charge is 0.362 e. The van der Waals surface area contributed by atoms with E-state index in [4.69, 9.17) is 5.73 Å². The first-order valence-electron chi connectivity index (χ1n) is 8.95. The van der Waals surface area contributed by atoms with Crippen molar-refractivity contribution >= 4 is 0 Å². The molecule has 4 aliphatic rings. The summed E-state index contributed by atoms with van der Waals surface area (Å²) < 4.78 is 14.2. The first-order valence-corrected chi connectivity index (χ1v) is 8.95. The molecule has 0 spiro atoms. The molecule has 0 amide bonds. The zero-order valence-electron chi connectivity index (χ0n) is 14.0. The minimum Gasteiger partial charge on any atom is -0.362 e. The molecule has 0 bridgehead atoms. The van der Waals surface area contributed by atoms with E-state index >= 15 is 0 Å². The Balaban J connectivity index is 1.70. The summed E-state index contributed by atoms with van der Waals surface area (Å²) in [5.74, 6) is -0.365. The summed E-state index contributed by atoms with van der Waals surface area (Å²) in [4.78, 5) is 0. The highest BCUT2D eigenvalue weighted by Crippen LogP contribution is 2.64. The minimum absolute atomic E-state index is 0.0177. The Kier molecular flexibility index (Phi) is 3.21. The molecule has 0 saturated heterocycles. The summed E-state index contributed by atoms with van der Waals surface area (Å²) >= 11 is 0. The van der Waals surface area contributed by atoms with Crippen LogP contribution in [0, 0.1) is 34.5 Å². The van der Waals surface area contributed by atoms with Crippen LogP contribution < -0.4 is 5.73 Å². The maximum absolute atomic E-state index is 14.2. The van der Waals surface area contributed by atoms with Gasteiger partial charge in [0.2, 0.25) is 0 Å². The van der Waals surface area contributed by atoms with Crippen LogP contribution in [0.4, 0.5) is 4.39 Å². The predicted octanol–water partition coefficient (Wildman–Crippen LogP) is 2.89. The van der Waals surface area contributed by atoms with Crippen LogP contribution in [0.15, 0.2) is 24.1 Å². The molecule has 4 aliphatic carbocycles. The third-order valence-electron chi connectivity index (χ3n) is 7.86. The maximum Gasteiger partial charge on any atom is 0.182 e. The van der Waals surface area contributed by atoms with Crippen molar-refractivity contribution in [1.29, 1.82) is 0 Å². The standard InChI is InChI=1S/C19H28FNO2/c1-17-7-8-19(22,23)10-11(17)3-4-12-13(17)5-6-18(2)14(12)9-15(20)16(18)21/h7-9,11-14,16,22-23H,3-6,10,21H2,1-2H3/t11?,12-,13+,14+,16+,17+,18+/m1/s1. The Morgan fingerprint density at radius 2 is 1.91 bits per heavy atom. The number of nitrogens with two attached hydrogens (primary N) is 1. The van der Waals surface area contributed by atoms with Crippen LogP contribution in [-0.2, 0) is 0 Å². The van der Waals surface area contributed by atoms with E-state index in [1.165, 1.54) is 0 Å². The van der Waals surface area contributed by atoms with Crippen molar-refractivity contribution in [3.63, 3.8) is 0 Å². The van der Waals surface area contributed by atoms with Crippen LogP contribution in [0.2, 0.25) is 0 Å². The lowest BCUT2D eigenvalue weighted by Gasteiger charge is -2.59. The van der Waals surface area contributed by atoms with Gasteiger partial charge in [0, 0.05) is 6.42 Å². The molecule has 2 saturated carbocycles. The molecule has 23 heavy (non-hydrogen) atoms. The zero-order chi connectivity index (χ0) is 16.6. The lowest BCUT2D eigenvalue weighted by atomic mass is 9.46. The molecule has 0 heterocycles. The average Bonchev–Trinajstić information content (AvgIpc) is 2.71. The summed E-state index contributed by atoms with van der Waals surface area (Å²) in [6.45, 7) is 4.41. The number of hydrogen-bond donors (Lipinski definition) is 3. The zero-order valence-corrected chi connectivity index (χ0v) is 14.0. The topological polar surface area (TPSA) is 66.5 Å². The molecule has 4 heteroatoms. The highest BCUT2D eigenvalue weighted by atomic mass is 19.1. The lowest BCUT2D eigenvalue weighted by molar-refractivity contribution is -0.166. The van der Waals surface area contributed by atoms with Gasteiger partial charge in [-0.25, -0.2) is 4.39 Å². The van der Waals surface area contributed by atoms with Gasteiger partial charge in [0.1, 0.15) is 5.83 Å². The average molecular weight is 321 g/mol. The molecule has 0 aromatic carbocycles. The van der Waals surface area contributed by atoms with Gasteiger partial charge in [0.15, 0.2) is 5.79 Å². The van der Waals surface area contributed by atoms with E-state index in [1.807, 2.05) is 6.08 Å². The molecule has 4 rings (SSSR count). The van der Waals surface area contributed by atoms with Gasteiger partial charge < -0.3 is 15.9 Å². The summed E-state index contributed by atoms with van der Waals surface area (Å²) in [5, 5.41) is 20.0. The fraction of sp³-hybridized carbons (Fsp3) is 0.789. The molecular formula is C19H28FNO2. The molecule has 0 aromatic heterocycles. The van der Waals surface area contributed by atoms with Gasteiger partial charge in [-0.2, -0.15) is 0 Å². The van der Waals surface area contributed by atoms with Crippen molar-refractivity contribution in [2.24, 2.45) is 40.2 Å².